The molecule has 7 heteroatoms. The largest absolute Gasteiger partial charge is 0.361 e. The van der Waals surface area contributed by atoms with Crippen molar-refractivity contribution in [2.75, 3.05) is 18.1 Å². The van der Waals surface area contributed by atoms with E-state index in [1.54, 1.807) is 11.8 Å². The molecule has 0 spiro atoms. The van der Waals surface area contributed by atoms with E-state index in [0.717, 1.165) is 11.3 Å². The fraction of sp³-hybridized carbons (Fsp3) is 0.733. The molecule has 1 fully saturated rings. The van der Waals surface area contributed by atoms with Gasteiger partial charge in [0.05, 0.1) is 23.6 Å². The first kappa shape index (κ1) is 17.0. The Hall–Kier alpha value is -1.37. The molecule has 0 bridgehead atoms. The van der Waals surface area contributed by atoms with Crippen LogP contribution in [0.4, 0.5) is 0 Å². The third kappa shape index (κ3) is 3.88. The molecule has 2 rings (SSSR count). The average Bonchev–Trinajstić information content (AvgIpc) is 2.92. The zero-order valence-electron chi connectivity index (χ0n) is 13.6. The number of carbonyl (C=O) groups excluding carboxylic acids is 1. The number of sulfone groups is 1. The molecule has 1 aromatic rings. The van der Waals surface area contributed by atoms with Gasteiger partial charge in [-0.1, -0.05) is 19.0 Å². The molecule has 124 valence electrons. The highest BCUT2D eigenvalue weighted by atomic mass is 32.2. The number of aryl methyl sites for hydroxylation is 2. The molecule has 0 N–H and O–H groups in total. The molecule has 0 aromatic carbocycles. The molecule has 1 aliphatic rings. The molecular weight excluding hydrogens is 304 g/mol. The summed E-state index contributed by atoms with van der Waals surface area (Å²) in [6.45, 7) is 8.23. The maximum absolute atomic E-state index is 12.7. The Labute approximate surface area is 131 Å². The molecule has 6 nitrogen and oxygen atoms in total. The second kappa shape index (κ2) is 6.40. The van der Waals surface area contributed by atoms with Crippen LogP contribution < -0.4 is 0 Å². The van der Waals surface area contributed by atoms with Gasteiger partial charge in [0.1, 0.15) is 5.76 Å². The van der Waals surface area contributed by atoms with Gasteiger partial charge in [0.2, 0.25) is 5.91 Å². The van der Waals surface area contributed by atoms with Crippen LogP contribution in [-0.4, -0.2) is 48.5 Å². The lowest BCUT2D eigenvalue weighted by Crippen LogP contribution is -2.44. The van der Waals surface area contributed by atoms with E-state index < -0.39 is 9.84 Å². The number of aromatic nitrogens is 1. The Morgan fingerprint density at radius 2 is 2.09 bits per heavy atom. The van der Waals surface area contributed by atoms with Gasteiger partial charge in [-0.05, 0) is 26.2 Å². The zero-order chi connectivity index (χ0) is 16.5. The van der Waals surface area contributed by atoms with Crippen LogP contribution in [0.3, 0.4) is 0 Å². The maximum atomic E-state index is 12.7. The summed E-state index contributed by atoms with van der Waals surface area (Å²) in [6.07, 6.45) is 0.743. The summed E-state index contributed by atoms with van der Waals surface area (Å²) >= 11 is 0. The van der Waals surface area contributed by atoms with E-state index in [2.05, 4.69) is 5.16 Å². The Morgan fingerprint density at radius 1 is 1.41 bits per heavy atom. The third-order valence-electron chi connectivity index (χ3n) is 4.04. The minimum absolute atomic E-state index is 0.0507. The van der Waals surface area contributed by atoms with Gasteiger partial charge in [-0.2, -0.15) is 0 Å². The maximum Gasteiger partial charge on any atom is 0.227 e. The molecule has 1 aromatic heterocycles. The van der Waals surface area contributed by atoms with Gasteiger partial charge in [-0.3, -0.25) is 4.79 Å². The molecule has 0 radical (unpaired) electrons. The minimum Gasteiger partial charge on any atom is -0.361 e. The monoisotopic (exact) mass is 328 g/mol. The summed E-state index contributed by atoms with van der Waals surface area (Å²) in [5, 5.41) is 3.87. The molecular formula is C15H24N2O4S. The predicted octanol–water partition coefficient (Wildman–Crippen LogP) is 1.51. The van der Waals surface area contributed by atoms with Gasteiger partial charge < -0.3 is 9.42 Å². The van der Waals surface area contributed by atoms with Gasteiger partial charge in [0.15, 0.2) is 9.84 Å². The van der Waals surface area contributed by atoms with E-state index >= 15 is 0 Å². The van der Waals surface area contributed by atoms with Crippen LogP contribution in [0.5, 0.6) is 0 Å². The fourth-order valence-corrected chi connectivity index (χ4v) is 4.61. The molecule has 0 unspecified atom stereocenters. The molecule has 1 atom stereocenters. The number of rotatable bonds is 5. The second-order valence-corrected chi connectivity index (χ2v) is 8.71. The number of hydrogen-bond donors (Lipinski definition) is 0. The van der Waals surface area contributed by atoms with E-state index in [9.17, 15) is 13.2 Å². The highest BCUT2D eigenvalue weighted by Crippen LogP contribution is 2.21. The van der Waals surface area contributed by atoms with E-state index in [1.807, 2.05) is 20.8 Å². The minimum atomic E-state index is -3.01. The quantitative estimate of drug-likeness (QED) is 0.818. The summed E-state index contributed by atoms with van der Waals surface area (Å²) in [4.78, 5) is 14.4. The van der Waals surface area contributed by atoms with Gasteiger partial charge in [0, 0.05) is 18.2 Å². The normalized spacial score (nSPS) is 20.5. The van der Waals surface area contributed by atoms with Crippen molar-refractivity contribution in [2.24, 2.45) is 5.92 Å². The van der Waals surface area contributed by atoms with E-state index in [1.165, 1.54) is 0 Å². The fourth-order valence-electron chi connectivity index (χ4n) is 2.88. The van der Waals surface area contributed by atoms with Crippen LogP contribution in [0.15, 0.2) is 4.52 Å². The predicted molar refractivity (Wildman–Crippen MR) is 83.3 cm³/mol. The summed E-state index contributed by atoms with van der Waals surface area (Å²) in [7, 11) is -3.01. The number of amides is 1. The third-order valence-corrected chi connectivity index (χ3v) is 5.79. The van der Waals surface area contributed by atoms with Crippen molar-refractivity contribution in [1.29, 1.82) is 0 Å². The standard InChI is InChI=1S/C15H24N2O4S/c1-10(2)8-17(13-5-6-22(19,20)9-13)15(18)7-14-11(3)16-21-12(14)4/h10,13H,5-9H2,1-4H3/t13-/m0/s1. The first-order valence-corrected chi connectivity index (χ1v) is 9.43. The van der Waals surface area contributed by atoms with Crippen molar-refractivity contribution in [3.8, 4) is 0 Å². The first-order valence-electron chi connectivity index (χ1n) is 7.61. The van der Waals surface area contributed by atoms with Crippen molar-refractivity contribution in [3.63, 3.8) is 0 Å². The summed E-state index contributed by atoms with van der Waals surface area (Å²) in [5.74, 6) is 1.13. The second-order valence-electron chi connectivity index (χ2n) is 6.48. The van der Waals surface area contributed by atoms with Gasteiger partial charge in [-0.15, -0.1) is 0 Å². The molecule has 2 heterocycles. The highest BCUT2D eigenvalue weighted by molar-refractivity contribution is 7.91. The van der Waals surface area contributed by atoms with E-state index in [4.69, 9.17) is 4.52 Å². The topological polar surface area (TPSA) is 80.5 Å². The smallest absolute Gasteiger partial charge is 0.227 e. The van der Waals surface area contributed by atoms with Crippen molar-refractivity contribution in [1.82, 2.24) is 10.1 Å². The first-order chi connectivity index (χ1) is 10.2. The van der Waals surface area contributed by atoms with Crippen molar-refractivity contribution in [3.05, 3.63) is 17.0 Å². The molecule has 22 heavy (non-hydrogen) atoms. The summed E-state index contributed by atoms with van der Waals surface area (Å²) in [5.41, 5.74) is 1.52. The highest BCUT2D eigenvalue weighted by Gasteiger charge is 2.35. The average molecular weight is 328 g/mol. The van der Waals surface area contributed by atoms with Gasteiger partial charge >= 0.3 is 0 Å². The number of hydrogen-bond acceptors (Lipinski definition) is 5. The Bertz CT molecular complexity index is 629. The molecule has 1 aliphatic heterocycles. The lowest BCUT2D eigenvalue weighted by molar-refractivity contribution is -0.133. The molecule has 0 saturated carbocycles. The van der Waals surface area contributed by atoms with Gasteiger partial charge in [-0.25, -0.2) is 8.42 Å². The summed E-state index contributed by atoms with van der Waals surface area (Å²) < 4.78 is 28.5. The number of nitrogens with zero attached hydrogens (tertiary/aromatic N) is 2. The van der Waals surface area contributed by atoms with Crippen molar-refractivity contribution in [2.45, 2.75) is 46.6 Å². The van der Waals surface area contributed by atoms with E-state index in [0.29, 0.717) is 18.7 Å². The summed E-state index contributed by atoms with van der Waals surface area (Å²) in [6, 6.07) is -0.208. The van der Waals surface area contributed by atoms with Crippen LogP contribution in [0.25, 0.3) is 0 Å². The Morgan fingerprint density at radius 3 is 2.55 bits per heavy atom. The lowest BCUT2D eigenvalue weighted by Gasteiger charge is -2.30. The van der Waals surface area contributed by atoms with Crippen LogP contribution in [0, 0.1) is 19.8 Å². The van der Waals surface area contributed by atoms with Crippen LogP contribution >= 0.6 is 0 Å². The molecule has 0 aliphatic carbocycles. The van der Waals surface area contributed by atoms with E-state index in [-0.39, 0.29) is 35.8 Å². The Kier molecular flexibility index (Phi) is 4.94. The molecule has 1 amide bonds. The van der Waals surface area contributed by atoms with Crippen molar-refractivity contribution < 1.29 is 17.7 Å². The van der Waals surface area contributed by atoms with Crippen LogP contribution in [-0.2, 0) is 21.1 Å². The SMILES string of the molecule is Cc1noc(C)c1CC(=O)N(CC(C)C)[C@H]1CCS(=O)(=O)C1. The zero-order valence-corrected chi connectivity index (χ0v) is 14.4. The van der Waals surface area contributed by atoms with Crippen LogP contribution in [0.1, 0.15) is 37.3 Å². The number of carbonyl (C=O) groups is 1. The molecule has 1 saturated heterocycles. The lowest BCUT2D eigenvalue weighted by atomic mass is 10.1. The van der Waals surface area contributed by atoms with Gasteiger partial charge in [0.25, 0.3) is 0 Å². The van der Waals surface area contributed by atoms with Crippen molar-refractivity contribution >= 4 is 15.7 Å². The Balaban J connectivity index is 2.17. The van der Waals surface area contributed by atoms with Crippen LogP contribution in [0.2, 0.25) is 0 Å².